The maximum absolute atomic E-state index is 12.7. The molecule has 0 saturated carbocycles. The van der Waals surface area contributed by atoms with Gasteiger partial charge in [0.15, 0.2) is 0 Å². The Balaban J connectivity index is 3.13. The molecule has 0 aliphatic rings. The van der Waals surface area contributed by atoms with Gasteiger partial charge in [-0.15, -0.1) is 0 Å². The Hall–Kier alpha value is -1.20. The number of nitrogens with one attached hydrogen (secondary N) is 1. The zero-order chi connectivity index (χ0) is 12.1. The minimum absolute atomic E-state index is 0.0558. The van der Waals surface area contributed by atoms with Crippen molar-refractivity contribution >= 4 is 0 Å². The minimum atomic E-state index is -2.61. The summed E-state index contributed by atoms with van der Waals surface area (Å²) in [5, 5.41) is 12.5. The number of rotatable bonds is 5. The third-order valence-electron chi connectivity index (χ3n) is 2.27. The highest BCUT2D eigenvalue weighted by Gasteiger charge is 2.20. The molecule has 0 saturated heterocycles. The van der Waals surface area contributed by atoms with Gasteiger partial charge in [-0.2, -0.15) is 0 Å². The van der Waals surface area contributed by atoms with Gasteiger partial charge in [0.05, 0.1) is 18.8 Å². The number of benzene rings is 1. The number of hydrogen-bond donors (Lipinski definition) is 2. The van der Waals surface area contributed by atoms with Crippen LogP contribution in [0.1, 0.15) is 23.7 Å². The van der Waals surface area contributed by atoms with Crippen LogP contribution >= 0.6 is 0 Å². The first-order valence-electron chi connectivity index (χ1n) is 4.89. The molecule has 2 N–H and O–H groups in total. The van der Waals surface area contributed by atoms with E-state index in [1.54, 1.807) is 13.1 Å². The van der Waals surface area contributed by atoms with Crippen molar-refractivity contribution in [3.8, 4) is 5.75 Å². The van der Waals surface area contributed by atoms with Gasteiger partial charge in [-0.1, -0.05) is 12.1 Å². The quantitative estimate of drug-likeness (QED) is 0.813. The second kappa shape index (κ2) is 5.77. The molecule has 0 spiro atoms. The molecule has 0 fully saturated rings. The van der Waals surface area contributed by atoms with E-state index in [2.05, 4.69) is 5.32 Å². The predicted molar refractivity (Wildman–Crippen MR) is 56.8 cm³/mol. The Labute approximate surface area is 93.0 Å². The molecule has 0 radical (unpaired) electrons. The normalized spacial score (nSPS) is 12.9. The topological polar surface area (TPSA) is 41.5 Å². The first-order chi connectivity index (χ1) is 7.61. The van der Waals surface area contributed by atoms with Gasteiger partial charge >= 0.3 is 0 Å². The van der Waals surface area contributed by atoms with Gasteiger partial charge in [0.25, 0.3) is 6.43 Å². The molecule has 1 atom stereocenters. The van der Waals surface area contributed by atoms with E-state index in [1.165, 1.54) is 19.2 Å². The summed E-state index contributed by atoms with van der Waals surface area (Å²) in [5.41, 5.74) is 0.171. The molecule has 1 unspecified atom stereocenters. The molecular weight excluding hydrogens is 216 g/mol. The van der Waals surface area contributed by atoms with Crippen molar-refractivity contribution in [2.75, 3.05) is 20.7 Å². The van der Waals surface area contributed by atoms with Crippen molar-refractivity contribution in [2.24, 2.45) is 0 Å². The van der Waals surface area contributed by atoms with Crippen LogP contribution in [0.25, 0.3) is 0 Å². The van der Waals surface area contributed by atoms with E-state index in [4.69, 9.17) is 4.74 Å². The van der Waals surface area contributed by atoms with Crippen molar-refractivity contribution in [1.29, 1.82) is 0 Å². The molecule has 0 aliphatic carbocycles. The van der Waals surface area contributed by atoms with E-state index < -0.39 is 12.5 Å². The van der Waals surface area contributed by atoms with Crippen molar-refractivity contribution in [2.45, 2.75) is 12.5 Å². The lowest BCUT2D eigenvalue weighted by Crippen LogP contribution is -2.17. The maximum Gasteiger partial charge on any atom is 0.267 e. The minimum Gasteiger partial charge on any atom is -0.496 e. The van der Waals surface area contributed by atoms with Gasteiger partial charge in [-0.3, -0.25) is 0 Å². The lowest BCUT2D eigenvalue weighted by Gasteiger charge is -2.17. The van der Waals surface area contributed by atoms with E-state index in [0.717, 1.165) is 0 Å². The highest BCUT2D eigenvalue weighted by molar-refractivity contribution is 5.43. The number of methoxy groups -OCH3 is 1. The first kappa shape index (κ1) is 12.9. The Bertz CT molecular complexity index is 345. The fraction of sp³-hybridized carbons (Fsp3) is 0.455. The van der Waals surface area contributed by atoms with Crippen molar-refractivity contribution in [1.82, 2.24) is 5.32 Å². The zero-order valence-corrected chi connectivity index (χ0v) is 9.21. The number of ether oxygens (including phenoxy) is 1. The lowest BCUT2D eigenvalue weighted by molar-refractivity contribution is 0.143. The van der Waals surface area contributed by atoms with E-state index >= 15 is 0 Å². The summed E-state index contributed by atoms with van der Waals surface area (Å²) >= 11 is 0. The first-order valence-corrected chi connectivity index (χ1v) is 4.89. The Morgan fingerprint density at radius 2 is 2.00 bits per heavy atom. The number of likely N-dealkylation sites (N-methyl/N-ethyl adjacent to an activating group) is 1. The SMILES string of the molecule is CNCC(O)c1cccc(C(F)F)c1OC. The Kier molecular flexibility index (Phi) is 4.64. The summed E-state index contributed by atoms with van der Waals surface area (Å²) in [6, 6.07) is 4.35. The summed E-state index contributed by atoms with van der Waals surface area (Å²) in [4.78, 5) is 0. The molecule has 1 aromatic carbocycles. The van der Waals surface area contributed by atoms with Gasteiger partial charge in [-0.25, -0.2) is 8.78 Å². The van der Waals surface area contributed by atoms with E-state index in [-0.39, 0.29) is 17.9 Å². The molecule has 5 heteroatoms. The molecule has 0 aliphatic heterocycles. The Morgan fingerprint density at radius 1 is 1.38 bits per heavy atom. The Morgan fingerprint density at radius 3 is 2.50 bits per heavy atom. The van der Waals surface area contributed by atoms with Gasteiger partial charge in [0.2, 0.25) is 0 Å². The average molecular weight is 231 g/mol. The largest absolute Gasteiger partial charge is 0.496 e. The van der Waals surface area contributed by atoms with Crippen molar-refractivity contribution in [3.63, 3.8) is 0 Å². The highest BCUT2D eigenvalue weighted by atomic mass is 19.3. The van der Waals surface area contributed by atoms with Crippen LogP contribution in [-0.4, -0.2) is 25.8 Å². The molecule has 90 valence electrons. The van der Waals surface area contributed by atoms with Gasteiger partial charge in [0.1, 0.15) is 5.75 Å². The molecule has 1 aromatic rings. The molecule has 0 heterocycles. The summed E-state index contributed by atoms with van der Waals surface area (Å²) in [5.74, 6) is 0.0558. The van der Waals surface area contributed by atoms with Crippen LogP contribution in [0.2, 0.25) is 0 Å². The number of para-hydroxylation sites is 1. The third-order valence-corrected chi connectivity index (χ3v) is 2.27. The van der Waals surface area contributed by atoms with Crippen LogP contribution in [0.15, 0.2) is 18.2 Å². The van der Waals surface area contributed by atoms with Crippen LogP contribution in [0.5, 0.6) is 5.75 Å². The monoisotopic (exact) mass is 231 g/mol. The number of aliphatic hydroxyl groups excluding tert-OH is 1. The standard InChI is InChI=1S/C11H15F2NO2/c1-14-6-9(15)7-4-3-5-8(11(12)13)10(7)16-2/h3-5,9,11,14-15H,6H2,1-2H3. The second-order valence-electron chi connectivity index (χ2n) is 3.34. The summed E-state index contributed by atoms with van der Waals surface area (Å²) < 4.78 is 30.3. The predicted octanol–water partition coefficient (Wildman–Crippen LogP) is 1.89. The second-order valence-corrected chi connectivity index (χ2v) is 3.34. The van der Waals surface area contributed by atoms with Crippen LogP contribution in [0, 0.1) is 0 Å². The van der Waals surface area contributed by atoms with Crippen LogP contribution in [-0.2, 0) is 0 Å². The number of alkyl halides is 2. The smallest absolute Gasteiger partial charge is 0.267 e. The van der Waals surface area contributed by atoms with Crippen LogP contribution < -0.4 is 10.1 Å². The molecule has 1 rings (SSSR count). The molecule has 0 amide bonds. The molecule has 3 nitrogen and oxygen atoms in total. The molecule has 0 bridgehead atoms. The summed E-state index contributed by atoms with van der Waals surface area (Å²) in [6.45, 7) is 0.281. The summed E-state index contributed by atoms with van der Waals surface area (Å²) in [6.07, 6.45) is -3.48. The summed E-state index contributed by atoms with van der Waals surface area (Å²) in [7, 11) is 2.99. The highest BCUT2D eigenvalue weighted by Crippen LogP contribution is 2.34. The van der Waals surface area contributed by atoms with Gasteiger partial charge in [-0.05, 0) is 13.1 Å². The van der Waals surface area contributed by atoms with Gasteiger partial charge in [0, 0.05) is 12.1 Å². The van der Waals surface area contributed by atoms with E-state index in [0.29, 0.717) is 5.56 Å². The van der Waals surface area contributed by atoms with Crippen molar-refractivity contribution in [3.05, 3.63) is 29.3 Å². The third kappa shape index (κ3) is 2.68. The van der Waals surface area contributed by atoms with Crippen LogP contribution in [0.3, 0.4) is 0 Å². The van der Waals surface area contributed by atoms with Crippen LogP contribution in [0.4, 0.5) is 8.78 Å². The molecule has 16 heavy (non-hydrogen) atoms. The molecule has 0 aromatic heterocycles. The van der Waals surface area contributed by atoms with Crippen molar-refractivity contribution < 1.29 is 18.6 Å². The van der Waals surface area contributed by atoms with Gasteiger partial charge < -0.3 is 15.2 Å². The van der Waals surface area contributed by atoms with E-state index in [1.807, 2.05) is 0 Å². The molecular formula is C11H15F2NO2. The number of hydrogen-bond acceptors (Lipinski definition) is 3. The fourth-order valence-corrected chi connectivity index (χ4v) is 1.55. The number of halogens is 2. The number of aliphatic hydroxyl groups is 1. The fourth-order valence-electron chi connectivity index (χ4n) is 1.55. The zero-order valence-electron chi connectivity index (χ0n) is 9.21. The van der Waals surface area contributed by atoms with E-state index in [9.17, 15) is 13.9 Å². The lowest BCUT2D eigenvalue weighted by atomic mass is 10.0. The average Bonchev–Trinajstić information content (AvgIpc) is 2.28. The maximum atomic E-state index is 12.7.